The van der Waals surface area contributed by atoms with Gasteiger partial charge in [-0.05, 0) is 36.4 Å². The van der Waals surface area contributed by atoms with E-state index in [1.165, 1.54) is 16.9 Å². The smallest absolute Gasteiger partial charge is 0.0444 e. The fraction of sp³-hybridized carbons (Fsp3) is 0.625. The highest BCUT2D eigenvalue weighted by Gasteiger charge is 2.06. The monoisotopic (exact) mass is 155 g/mol. The van der Waals surface area contributed by atoms with Gasteiger partial charge in [0.1, 0.15) is 0 Å². The average molecular weight is 155 g/mol. The Bertz CT molecular complexity index is 205. The summed E-state index contributed by atoms with van der Waals surface area (Å²) in [6.45, 7) is 6.59. The molecule has 56 valence electrons. The second-order valence-electron chi connectivity index (χ2n) is 2.65. The fourth-order valence-corrected chi connectivity index (χ4v) is 1.68. The molecule has 0 saturated carbocycles. The van der Waals surface area contributed by atoms with Gasteiger partial charge in [0.2, 0.25) is 0 Å². The number of aryl methyl sites for hydroxylation is 1. The third-order valence-corrected chi connectivity index (χ3v) is 2.65. The third-order valence-electron chi connectivity index (χ3n) is 1.93. The molecule has 1 atom stereocenters. The average Bonchev–Trinajstić information content (AvgIpc) is 2.34. The quantitative estimate of drug-likeness (QED) is 0.640. The summed E-state index contributed by atoms with van der Waals surface area (Å²) in [6, 6.07) is 0. The molecule has 1 nitrogen and oxygen atoms in total. The second kappa shape index (κ2) is 3.15. The van der Waals surface area contributed by atoms with Crippen LogP contribution >= 0.6 is 11.5 Å². The predicted molar refractivity (Wildman–Crippen MR) is 45.6 cm³/mol. The highest BCUT2D eigenvalue weighted by Crippen LogP contribution is 2.23. The van der Waals surface area contributed by atoms with Crippen molar-refractivity contribution in [2.24, 2.45) is 0 Å². The molecule has 0 spiro atoms. The maximum atomic E-state index is 4.13. The summed E-state index contributed by atoms with van der Waals surface area (Å²) in [7, 11) is 0. The van der Waals surface area contributed by atoms with E-state index in [1.54, 1.807) is 11.5 Å². The predicted octanol–water partition coefficient (Wildman–Crippen LogP) is 2.97. The largest absolute Gasteiger partial charge is 0.201 e. The molecule has 0 radical (unpaired) electrons. The van der Waals surface area contributed by atoms with Crippen molar-refractivity contribution in [3.63, 3.8) is 0 Å². The molecular weight excluding hydrogens is 142 g/mol. The van der Waals surface area contributed by atoms with Gasteiger partial charge in [0.25, 0.3) is 0 Å². The minimum absolute atomic E-state index is 0.679. The normalized spacial score (nSPS) is 13.5. The zero-order chi connectivity index (χ0) is 7.56. The first-order valence-corrected chi connectivity index (χ1v) is 4.44. The first kappa shape index (κ1) is 7.73. The van der Waals surface area contributed by atoms with Crippen molar-refractivity contribution < 1.29 is 0 Å². The molecule has 0 amide bonds. The molecular formula is C8H13NS. The van der Waals surface area contributed by atoms with Crippen LogP contribution in [-0.4, -0.2) is 4.37 Å². The second-order valence-corrected chi connectivity index (χ2v) is 3.65. The van der Waals surface area contributed by atoms with Gasteiger partial charge in [-0.2, -0.15) is 0 Å². The number of rotatable bonds is 2. The van der Waals surface area contributed by atoms with Gasteiger partial charge in [0.15, 0.2) is 0 Å². The molecule has 0 N–H and O–H groups in total. The molecule has 1 unspecified atom stereocenters. The van der Waals surface area contributed by atoms with Crippen molar-refractivity contribution in [1.29, 1.82) is 0 Å². The Kier molecular flexibility index (Phi) is 2.44. The van der Waals surface area contributed by atoms with Crippen molar-refractivity contribution >= 4 is 11.5 Å². The Labute approximate surface area is 66.3 Å². The summed E-state index contributed by atoms with van der Waals surface area (Å²) in [5.41, 5.74) is 1.42. The molecule has 1 heterocycles. The molecule has 10 heavy (non-hydrogen) atoms. The van der Waals surface area contributed by atoms with Crippen molar-refractivity contribution in [2.45, 2.75) is 33.1 Å². The minimum Gasteiger partial charge on any atom is -0.201 e. The lowest BCUT2D eigenvalue weighted by Gasteiger charge is -2.04. The van der Waals surface area contributed by atoms with Gasteiger partial charge in [-0.1, -0.05) is 13.8 Å². The van der Waals surface area contributed by atoms with Crippen molar-refractivity contribution in [1.82, 2.24) is 4.37 Å². The van der Waals surface area contributed by atoms with Crippen LogP contribution in [0.15, 0.2) is 6.20 Å². The van der Waals surface area contributed by atoms with Crippen LogP contribution in [0.1, 0.15) is 36.6 Å². The molecule has 0 fully saturated rings. The topological polar surface area (TPSA) is 12.9 Å². The van der Waals surface area contributed by atoms with E-state index in [1.807, 2.05) is 6.20 Å². The van der Waals surface area contributed by atoms with Crippen LogP contribution in [0.4, 0.5) is 0 Å². The number of nitrogens with zero attached hydrogens (tertiary/aromatic N) is 1. The molecule has 0 aliphatic rings. The van der Waals surface area contributed by atoms with Gasteiger partial charge in [-0.25, -0.2) is 4.37 Å². The standard InChI is InChI=1S/C8H13NS/c1-4-6(2)8-5-9-10-7(8)3/h5-6H,4H2,1-3H3. The zero-order valence-corrected chi connectivity index (χ0v) is 7.53. The van der Waals surface area contributed by atoms with Crippen LogP contribution in [0.25, 0.3) is 0 Å². The first-order chi connectivity index (χ1) is 4.75. The van der Waals surface area contributed by atoms with Crippen molar-refractivity contribution in [2.75, 3.05) is 0 Å². The van der Waals surface area contributed by atoms with Crippen LogP contribution in [0.2, 0.25) is 0 Å². The Morgan fingerprint density at radius 2 is 2.40 bits per heavy atom. The van der Waals surface area contributed by atoms with Gasteiger partial charge in [-0.15, -0.1) is 0 Å². The van der Waals surface area contributed by atoms with Crippen LogP contribution in [0.3, 0.4) is 0 Å². The summed E-state index contributed by atoms with van der Waals surface area (Å²) in [4.78, 5) is 1.37. The number of hydrogen-bond donors (Lipinski definition) is 0. The van der Waals surface area contributed by atoms with Crippen LogP contribution in [-0.2, 0) is 0 Å². The number of hydrogen-bond acceptors (Lipinski definition) is 2. The lowest BCUT2D eigenvalue weighted by Crippen LogP contribution is -1.89. The van der Waals surface area contributed by atoms with Gasteiger partial charge in [0, 0.05) is 11.1 Å². The highest BCUT2D eigenvalue weighted by atomic mass is 32.1. The summed E-state index contributed by atoms with van der Waals surface area (Å²) >= 11 is 1.60. The van der Waals surface area contributed by atoms with E-state index in [2.05, 4.69) is 25.1 Å². The lowest BCUT2D eigenvalue weighted by molar-refractivity contribution is 0.731. The Hall–Kier alpha value is -0.370. The molecule has 0 saturated heterocycles. The van der Waals surface area contributed by atoms with E-state index in [9.17, 15) is 0 Å². The third kappa shape index (κ3) is 1.37. The molecule has 1 aromatic heterocycles. The Morgan fingerprint density at radius 1 is 1.70 bits per heavy atom. The fourth-order valence-electron chi connectivity index (χ4n) is 1.000. The van der Waals surface area contributed by atoms with E-state index in [0.717, 1.165) is 0 Å². The summed E-state index contributed by atoms with van der Waals surface area (Å²) in [5, 5.41) is 0. The number of aromatic nitrogens is 1. The Balaban J connectivity index is 2.82. The highest BCUT2D eigenvalue weighted by molar-refractivity contribution is 7.05. The molecule has 0 aliphatic heterocycles. The molecule has 1 aromatic rings. The Morgan fingerprint density at radius 3 is 2.80 bits per heavy atom. The zero-order valence-electron chi connectivity index (χ0n) is 6.72. The van der Waals surface area contributed by atoms with E-state index >= 15 is 0 Å². The van der Waals surface area contributed by atoms with Gasteiger partial charge in [-0.3, -0.25) is 0 Å². The molecule has 1 rings (SSSR count). The van der Waals surface area contributed by atoms with Crippen LogP contribution in [0.5, 0.6) is 0 Å². The van der Waals surface area contributed by atoms with Crippen LogP contribution in [0, 0.1) is 6.92 Å². The summed E-state index contributed by atoms with van der Waals surface area (Å²) in [5.74, 6) is 0.679. The first-order valence-electron chi connectivity index (χ1n) is 3.66. The summed E-state index contributed by atoms with van der Waals surface area (Å²) < 4.78 is 4.13. The van der Waals surface area contributed by atoms with Gasteiger partial charge >= 0.3 is 0 Å². The maximum Gasteiger partial charge on any atom is 0.0444 e. The molecule has 0 bridgehead atoms. The minimum atomic E-state index is 0.679. The van der Waals surface area contributed by atoms with E-state index in [4.69, 9.17) is 0 Å². The molecule has 0 aliphatic carbocycles. The van der Waals surface area contributed by atoms with Crippen LogP contribution < -0.4 is 0 Å². The van der Waals surface area contributed by atoms with Gasteiger partial charge in [0.05, 0.1) is 0 Å². The van der Waals surface area contributed by atoms with E-state index < -0.39 is 0 Å². The lowest BCUT2D eigenvalue weighted by atomic mass is 10.0. The van der Waals surface area contributed by atoms with E-state index in [0.29, 0.717) is 5.92 Å². The molecule has 2 heteroatoms. The molecule has 0 aromatic carbocycles. The van der Waals surface area contributed by atoms with Gasteiger partial charge < -0.3 is 0 Å². The van der Waals surface area contributed by atoms with Crippen molar-refractivity contribution in [3.05, 3.63) is 16.6 Å². The maximum absolute atomic E-state index is 4.13. The van der Waals surface area contributed by atoms with E-state index in [-0.39, 0.29) is 0 Å². The SMILES string of the molecule is CCC(C)c1cnsc1C. The summed E-state index contributed by atoms with van der Waals surface area (Å²) in [6.07, 6.45) is 3.20. The van der Waals surface area contributed by atoms with Crippen molar-refractivity contribution in [3.8, 4) is 0 Å².